The highest BCUT2D eigenvalue weighted by molar-refractivity contribution is 6.20. The summed E-state index contributed by atoms with van der Waals surface area (Å²) < 4.78 is 0. The van der Waals surface area contributed by atoms with Gasteiger partial charge in [-0.05, 0) is 44.4 Å². The number of carbonyl (C=O) groups is 3. The molecule has 0 saturated carbocycles. The van der Waals surface area contributed by atoms with Crippen molar-refractivity contribution in [1.82, 2.24) is 15.1 Å². The predicted octanol–water partition coefficient (Wildman–Crippen LogP) is 2.80. The van der Waals surface area contributed by atoms with Crippen molar-refractivity contribution in [3.63, 3.8) is 0 Å². The average molecular weight is 447 g/mol. The van der Waals surface area contributed by atoms with Crippen LogP contribution in [0.1, 0.15) is 31.9 Å². The molecule has 0 aromatic heterocycles. The molecule has 0 bridgehead atoms. The molecule has 0 radical (unpaired) electrons. The van der Waals surface area contributed by atoms with Gasteiger partial charge in [-0.2, -0.15) is 0 Å². The van der Waals surface area contributed by atoms with Gasteiger partial charge in [-0.15, -0.1) is 0 Å². The molecule has 33 heavy (non-hydrogen) atoms. The number of hydrogen-bond acceptors (Lipinski definition) is 5. The number of carbonyl (C=O) groups excluding carboxylic acids is 3. The second kappa shape index (κ2) is 7.70. The van der Waals surface area contributed by atoms with Crippen LogP contribution < -0.4 is 10.2 Å². The smallest absolute Gasteiger partial charge is 0.331 e. The molecule has 3 aliphatic heterocycles. The van der Waals surface area contributed by atoms with Crippen molar-refractivity contribution in [3.05, 3.63) is 65.7 Å². The van der Waals surface area contributed by atoms with Crippen molar-refractivity contribution in [1.29, 1.82) is 0 Å². The van der Waals surface area contributed by atoms with Crippen molar-refractivity contribution in [2.45, 2.75) is 45.3 Å². The van der Waals surface area contributed by atoms with Crippen LogP contribution in [0.5, 0.6) is 0 Å². The van der Waals surface area contributed by atoms with Gasteiger partial charge < -0.3 is 4.90 Å². The molecule has 7 heteroatoms. The third-order valence-corrected chi connectivity index (χ3v) is 7.14. The van der Waals surface area contributed by atoms with Gasteiger partial charge in [0.05, 0.1) is 6.04 Å². The molecule has 0 aliphatic carbocycles. The Morgan fingerprint density at radius 3 is 2.39 bits per heavy atom. The number of nitrogens with zero attached hydrogens (tertiary/aromatic N) is 3. The lowest BCUT2D eigenvalue weighted by Crippen LogP contribution is -2.76. The first-order valence-electron chi connectivity index (χ1n) is 11.5. The van der Waals surface area contributed by atoms with E-state index in [1.54, 1.807) is 0 Å². The SMILES string of the molecule is CC(C)(C)N1C(=O)NC(=O)[C@@]2(Cc3ccccc3N3CCN(Cc4ccccc4)C[C@H]32)C1=O. The molecule has 3 aliphatic rings. The standard InChI is InChI=1S/C26H30N4O3/c1-25(2,3)30-23(32)26(22(31)27-24(30)33)15-19-11-7-8-12-20(19)29-14-13-28(17-21(26)29)16-18-9-5-4-6-10-18/h4-12,21H,13-17H2,1-3H3,(H,27,31,33)/t21-,26-/m0/s1. The van der Waals surface area contributed by atoms with Crippen LogP contribution >= 0.6 is 0 Å². The lowest BCUT2D eigenvalue weighted by atomic mass is 9.67. The highest BCUT2D eigenvalue weighted by Gasteiger charge is 2.64. The number of piperazine rings is 1. The van der Waals surface area contributed by atoms with Crippen LogP contribution in [-0.2, 0) is 22.6 Å². The number of urea groups is 1. The fourth-order valence-corrected chi connectivity index (χ4v) is 5.61. The number of para-hydroxylation sites is 1. The van der Waals surface area contributed by atoms with Crippen LogP contribution in [0.25, 0.3) is 0 Å². The quantitative estimate of drug-likeness (QED) is 0.719. The Morgan fingerprint density at radius 2 is 1.67 bits per heavy atom. The first-order chi connectivity index (χ1) is 15.7. The van der Waals surface area contributed by atoms with E-state index >= 15 is 0 Å². The fraction of sp³-hybridized carbons (Fsp3) is 0.423. The Hall–Kier alpha value is -3.19. The lowest BCUT2D eigenvalue weighted by Gasteiger charge is -2.56. The van der Waals surface area contributed by atoms with E-state index in [0.717, 1.165) is 24.3 Å². The second-order valence-corrected chi connectivity index (χ2v) is 10.3. The monoisotopic (exact) mass is 446 g/mol. The van der Waals surface area contributed by atoms with Gasteiger partial charge in [0.15, 0.2) is 5.41 Å². The van der Waals surface area contributed by atoms with Crippen LogP contribution in [0.4, 0.5) is 10.5 Å². The van der Waals surface area contributed by atoms with E-state index in [2.05, 4.69) is 33.3 Å². The zero-order valence-electron chi connectivity index (χ0n) is 19.4. The number of fused-ring (bicyclic) bond motifs is 4. The third-order valence-electron chi connectivity index (χ3n) is 7.14. The molecule has 0 unspecified atom stereocenters. The molecular formula is C26H30N4O3. The molecule has 172 valence electrons. The summed E-state index contributed by atoms with van der Waals surface area (Å²) in [4.78, 5) is 46.2. The van der Waals surface area contributed by atoms with Gasteiger partial charge in [0.2, 0.25) is 11.8 Å². The maximum absolute atomic E-state index is 14.1. The largest absolute Gasteiger partial charge is 0.364 e. The van der Waals surface area contributed by atoms with E-state index < -0.39 is 28.8 Å². The summed E-state index contributed by atoms with van der Waals surface area (Å²) in [6, 6.07) is 17.2. The second-order valence-electron chi connectivity index (χ2n) is 10.3. The van der Waals surface area contributed by atoms with Gasteiger partial charge in [-0.25, -0.2) is 4.79 Å². The molecule has 2 aromatic carbocycles. The third kappa shape index (κ3) is 3.42. The number of nitrogens with one attached hydrogen (secondary N) is 1. The van der Waals surface area contributed by atoms with Crippen LogP contribution in [0.15, 0.2) is 54.6 Å². The minimum Gasteiger partial charge on any atom is -0.364 e. The predicted molar refractivity (Wildman–Crippen MR) is 126 cm³/mol. The number of benzene rings is 2. The minimum atomic E-state index is -1.36. The van der Waals surface area contributed by atoms with Gasteiger partial charge in [0.1, 0.15) is 0 Å². The lowest BCUT2D eigenvalue weighted by molar-refractivity contribution is -0.157. The zero-order chi connectivity index (χ0) is 23.4. The summed E-state index contributed by atoms with van der Waals surface area (Å²) in [6.45, 7) is 8.32. The van der Waals surface area contributed by atoms with Gasteiger partial charge in [-0.1, -0.05) is 48.5 Å². The minimum absolute atomic E-state index is 0.286. The Kier molecular flexibility index (Phi) is 5.05. The zero-order valence-corrected chi connectivity index (χ0v) is 19.4. The normalized spacial score (nSPS) is 25.7. The van der Waals surface area contributed by atoms with E-state index in [4.69, 9.17) is 0 Å². The van der Waals surface area contributed by atoms with Gasteiger partial charge >= 0.3 is 6.03 Å². The molecule has 7 nitrogen and oxygen atoms in total. The highest BCUT2D eigenvalue weighted by Crippen LogP contribution is 2.46. The van der Waals surface area contributed by atoms with Gasteiger partial charge in [-0.3, -0.25) is 24.7 Å². The van der Waals surface area contributed by atoms with Crippen LogP contribution in [0.3, 0.4) is 0 Å². The molecular weight excluding hydrogens is 416 g/mol. The van der Waals surface area contributed by atoms with Crippen molar-refractivity contribution in [2.75, 3.05) is 24.5 Å². The van der Waals surface area contributed by atoms with Gasteiger partial charge in [0.25, 0.3) is 0 Å². The summed E-state index contributed by atoms with van der Waals surface area (Å²) >= 11 is 0. The first-order valence-corrected chi connectivity index (χ1v) is 11.5. The number of anilines is 1. The molecule has 4 amide bonds. The Labute approximate surface area is 194 Å². The van der Waals surface area contributed by atoms with Crippen LogP contribution in [0, 0.1) is 5.41 Å². The van der Waals surface area contributed by atoms with E-state index in [1.165, 1.54) is 10.5 Å². The number of amides is 4. The Bertz CT molecular complexity index is 1110. The van der Waals surface area contributed by atoms with E-state index in [9.17, 15) is 14.4 Å². The molecule has 5 rings (SSSR count). The summed E-state index contributed by atoms with van der Waals surface area (Å²) in [5, 5.41) is 2.54. The van der Waals surface area contributed by atoms with Crippen molar-refractivity contribution < 1.29 is 14.4 Å². The summed E-state index contributed by atoms with van der Waals surface area (Å²) in [5.74, 6) is -0.876. The van der Waals surface area contributed by atoms with Crippen LogP contribution in [-0.4, -0.2) is 58.9 Å². The van der Waals surface area contributed by atoms with Gasteiger partial charge in [0, 0.05) is 37.4 Å². The summed E-state index contributed by atoms with van der Waals surface area (Å²) in [6.07, 6.45) is 0.286. The first kappa shape index (κ1) is 21.6. The molecule has 1 N–H and O–H groups in total. The Balaban J connectivity index is 1.58. The van der Waals surface area contributed by atoms with E-state index in [1.807, 2.05) is 57.2 Å². The summed E-state index contributed by atoms with van der Waals surface area (Å²) in [5.41, 5.74) is 1.14. The maximum atomic E-state index is 14.1. The molecule has 3 heterocycles. The van der Waals surface area contributed by atoms with Crippen LogP contribution in [0.2, 0.25) is 0 Å². The average Bonchev–Trinajstić information content (AvgIpc) is 2.77. The maximum Gasteiger partial charge on any atom is 0.331 e. The number of hydrogen-bond donors (Lipinski definition) is 1. The fourth-order valence-electron chi connectivity index (χ4n) is 5.61. The number of barbiturate groups is 1. The molecule has 2 fully saturated rings. The molecule has 2 atom stereocenters. The highest BCUT2D eigenvalue weighted by atomic mass is 16.2. The molecule has 2 aromatic rings. The Morgan fingerprint density at radius 1 is 0.970 bits per heavy atom. The summed E-state index contributed by atoms with van der Waals surface area (Å²) in [7, 11) is 0. The molecule has 1 spiro atoms. The number of imide groups is 2. The van der Waals surface area contributed by atoms with Crippen molar-refractivity contribution in [3.8, 4) is 0 Å². The van der Waals surface area contributed by atoms with E-state index in [0.29, 0.717) is 13.1 Å². The molecule has 2 saturated heterocycles. The van der Waals surface area contributed by atoms with Crippen molar-refractivity contribution >= 4 is 23.5 Å². The van der Waals surface area contributed by atoms with Crippen molar-refractivity contribution in [2.24, 2.45) is 5.41 Å². The topological polar surface area (TPSA) is 73.0 Å². The van der Waals surface area contributed by atoms with E-state index in [-0.39, 0.29) is 12.5 Å². The number of rotatable bonds is 2.